The normalized spacial score (nSPS) is 8.29. The molecular formula is H4CdO4SSe. The van der Waals surface area contributed by atoms with Crippen molar-refractivity contribution in [3.63, 3.8) is 0 Å². The van der Waals surface area contributed by atoms with E-state index in [0.717, 1.165) is 0 Å². The van der Waals surface area contributed by atoms with E-state index >= 15 is 0 Å². The van der Waals surface area contributed by atoms with Gasteiger partial charge in [-0.3, -0.25) is 0 Å². The average Bonchev–Trinajstić information content (AvgIpc) is 0.722. The van der Waals surface area contributed by atoms with Gasteiger partial charge in [-0.25, -0.2) is 0 Å². The Hall–Kier alpha value is 1.31. The van der Waals surface area contributed by atoms with E-state index in [9.17, 15) is 0 Å². The molecule has 0 aromatic rings. The summed E-state index contributed by atoms with van der Waals surface area (Å²) in [6.07, 6.45) is 0. The van der Waals surface area contributed by atoms with Gasteiger partial charge in [0.15, 0.2) is 0 Å². The molecule has 7 heteroatoms. The first-order chi connectivity index (χ1) is 2.00. The topological polar surface area (TPSA) is 74.6 Å². The third-order valence-corrected chi connectivity index (χ3v) is 0. The summed E-state index contributed by atoms with van der Waals surface area (Å²) in [6, 6.07) is 0. The molecule has 0 rings (SSSR count). The Balaban J connectivity index is -0.0000000800. The van der Waals surface area contributed by atoms with Crippen molar-refractivity contribution in [3.05, 3.63) is 0 Å². The Morgan fingerprint density at radius 1 is 1.14 bits per heavy atom. The van der Waals surface area contributed by atoms with E-state index in [1.54, 1.807) is 0 Å². The Morgan fingerprint density at radius 3 is 1.14 bits per heavy atom. The molecule has 0 atom stereocenters. The minimum Gasteiger partial charge on any atom is -0.197 e. The van der Waals surface area contributed by atoms with Crippen LogP contribution in [0.5, 0.6) is 0 Å². The Kier molecular flexibility index (Phi) is 12.3. The van der Waals surface area contributed by atoms with Crippen LogP contribution in [0.15, 0.2) is 0 Å². The monoisotopic (exact) mass is 294 g/mol. The van der Waals surface area contributed by atoms with Gasteiger partial charge in [0.25, 0.3) is 0 Å². The summed E-state index contributed by atoms with van der Waals surface area (Å²) in [7, 11) is 0. The average molecular weight is 291 g/mol. The zero-order valence-electron chi connectivity index (χ0n) is 3.33. The zero-order chi connectivity index (χ0) is 4.50. The Morgan fingerprint density at radius 2 is 1.14 bits per heavy atom. The van der Waals surface area contributed by atoms with Crippen molar-refractivity contribution in [3.8, 4) is 0 Å². The summed E-state index contributed by atoms with van der Waals surface area (Å²) in [5.74, 6) is 0. The molecule has 0 bridgehead atoms. The number of hydrogen-bond acceptors (Lipinski definition) is 2. The van der Waals surface area contributed by atoms with Gasteiger partial charge in [0, 0.05) is 27.3 Å². The molecule has 0 unspecified atom stereocenters. The van der Waals surface area contributed by atoms with Crippen LogP contribution >= 0.6 is 13.5 Å². The number of hydrogen-bond donors (Lipinski definition) is 2. The zero-order valence-corrected chi connectivity index (χ0v) is 10.1. The minimum atomic E-state index is -5.25. The van der Waals surface area contributed by atoms with Crippen LogP contribution in [0.3, 0.4) is 0 Å². The maximum atomic E-state index is 8.82. The SMILES string of the molecule is O=[Se](=O)(O)O.S.[Cd]. The van der Waals surface area contributed by atoms with Crippen LogP contribution in [0.1, 0.15) is 0 Å². The fourth-order valence-corrected chi connectivity index (χ4v) is 0. The van der Waals surface area contributed by atoms with Crippen LogP contribution in [0.25, 0.3) is 0 Å². The predicted molar refractivity (Wildman–Crippen MR) is 21.9 cm³/mol. The molecule has 0 spiro atoms. The van der Waals surface area contributed by atoms with Crippen molar-refractivity contribution >= 4 is 26.9 Å². The molecule has 0 aliphatic carbocycles. The summed E-state index contributed by atoms with van der Waals surface area (Å²) < 4.78 is 31.9. The molecule has 0 fully saturated rings. The first-order valence-corrected chi connectivity index (χ1v) is 3.63. The molecule has 0 saturated carbocycles. The van der Waals surface area contributed by atoms with Gasteiger partial charge in [-0.05, 0) is 0 Å². The smallest absolute Gasteiger partial charge is 0 e. The number of rotatable bonds is 0. The molecule has 0 saturated heterocycles. The molecule has 0 amide bonds. The molecule has 0 heterocycles. The quantitative estimate of drug-likeness (QED) is 0.526. The first-order valence-electron chi connectivity index (χ1n) is 0.698. The Bertz CT molecular complexity index is 94.9. The molecular weight excluding hydrogens is 287 g/mol. The van der Waals surface area contributed by atoms with Crippen molar-refractivity contribution in [2.24, 2.45) is 0 Å². The molecule has 2 N–H and O–H groups in total. The maximum Gasteiger partial charge on any atom is 0 e. The molecule has 0 aliphatic rings. The molecule has 0 radical (unpaired) electrons. The van der Waals surface area contributed by atoms with Gasteiger partial charge in [0.2, 0.25) is 0 Å². The summed E-state index contributed by atoms with van der Waals surface area (Å²) in [5.41, 5.74) is 0. The summed E-state index contributed by atoms with van der Waals surface area (Å²) in [4.78, 5) is 0. The largest absolute Gasteiger partial charge is 0.197 e. The van der Waals surface area contributed by atoms with Crippen LogP contribution in [0.2, 0.25) is 0 Å². The molecule has 42 valence electrons. The fourth-order valence-electron chi connectivity index (χ4n) is 0. The third-order valence-electron chi connectivity index (χ3n) is 0. The molecule has 0 aromatic heterocycles. The van der Waals surface area contributed by atoms with Gasteiger partial charge >= 0.3 is 29.4 Å². The standard InChI is InChI=1S/Cd.H2O4Se.H2S/c;1-5(2,3)4;/h;(H2,1,2,3,4);1H2. The van der Waals surface area contributed by atoms with E-state index in [-0.39, 0.29) is 40.8 Å². The van der Waals surface area contributed by atoms with E-state index in [4.69, 9.17) is 16.0 Å². The molecule has 0 aliphatic heterocycles. The van der Waals surface area contributed by atoms with Gasteiger partial charge in [0.05, 0.1) is 0 Å². The second-order valence-electron chi connectivity index (χ2n) is 0.448. The van der Waals surface area contributed by atoms with Gasteiger partial charge in [0.1, 0.15) is 0 Å². The van der Waals surface area contributed by atoms with Crippen LogP contribution in [0, 0.1) is 0 Å². The van der Waals surface area contributed by atoms with Crippen LogP contribution < -0.4 is 0 Å². The summed E-state index contributed by atoms with van der Waals surface area (Å²) >= 11 is -5.25. The maximum absolute atomic E-state index is 8.82. The van der Waals surface area contributed by atoms with E-state index < -0.39 is 13.4 Å². The van der Waals surface area contributed by atoms with Crippen LogP contribution in [-0.4, -0.2) is 21.7 Å². The summed E-state index contributed by atoms with van der Waals surface area (Å²) in [5, 5.41) is 0. The fraction of sp³-hybridized carbons (Fsp3) is 0. The van der Waals surface area contributed by atoms with E-state index in [2.05, 4.69) is 0 Å². The molecule has 4 nitrogen and oxygen atoms in total. The second kappa shape index (κ2) is 5.45. The minimum absolute atomic E-state index is 0. The van der Waals surface area contributed by atoms with Crippen LogP contribution in [-0.2, 0) is 35.0 Å². The summed E-state index contributed by atoms with van der Waals surface area (Å²) in [6.45, 7) is 0. The third kappa shape index (κ3) is 120. The van der Waals surface area contributed by atoms with Gasteiger partial charge in [-0.1, -0.05) is 0 Å². The van der Waals surface area contributed by atoms with Gasteiger partial charge < -0.3 is 0 Å². The molecule has 7 heavy (non-hydrogen) atoms. The van der Waals surface area contributed by atoms with E-state index in [1.807, 2.05) is 0 Å². The van der Waals surface area contributed by atoms with Crippen molar-refractivity contribution in [2.45, 2.75) is 0 Å². The van der Waals surface area contributed by atoms with E-state index in [1.165, 1.54) is 0 Å². The van der Waals surface area contributed by atoms with Crippen LogP contribution in [0.4, 0.5) is 0 Å². The van der Waals surface area contributed by atoms with Gasteiger partial charge in [-0.15, -0.1) is 0 Å². The Labute approximate surface area is 69.8 Å². The van der Waals surface area contributed by atoms with Crippen molar-refractivity contribution < 1.29 is 43.3 Å². The van der Waals surface area contributed by atoms with Gasteiger partial charge in [-0.2, -0.15) is 13.5 Å². The van der Waals surface area contributed by atoms with Crippen molar-refractivity contribution in [1.29, 1.82) is 0 Å². The predicted octanol–water partition coefficient (Wildman–Crippen LogP) is -1.62. The van der Waals surface area contributed by atoms with Crippen molar-refractivity contribution in [2.75, 3.05) is 0 Å². The first kappa shape index (κ1) is 15.7. The van der Waals surface area contributed by atoms with Crippen molar-refractivity contribution in [1.82, 2.24) is 0 Å². The molecule has 0 aromatic carbocycles. The van der Waals surface area contributed by atoms with E-state index in [0.29, 0.717) is 0 Å². The second-order valence-corrected chi connectivity index (χ2v) is 2.33.